The molecule has 2 atom stereocenters. The summed E-state index contributed by atoms with van der Waals surface area (Å²) in [6.45, 7) is 0. The molecule has 2 heterocycles. The van der Waals surface area contributed by atoms with Crippen LogP contribution in [0.15, 0.2) is 54.6 Å². The summed E-state index contributed by atoms with van der Waals surface area (Å²) in [5, 5.41) is 3.67. The largest absolute Gasteiger partial charge is 0.311 e. The van der Waals surface area contributed by atoms with Gasteiger partial charge in [0.1, 0.15) is 0 Å². The van der Waals surface area contributed by atoms with E-state index in [4.69, 9.17) is 0 Å². The van der Waals surface area contributed by atoms with Crippen LogP contribution in [-0.4, -0.2) is 17.9 Å². The Labute approximate surface area is 137 Å². The predicted octanol–water partition coefficient (Wildman–Crippen LogP) is 4.46. The number of fused-ring (bicyclic) bond motifs is 2. The third-order valence-corrected chi connectivity index (χ3v) is 5.36. The van der Waals surface area contributed by atoms with Gasteiger partial charge in [-0.05, 0) is 36.8 Å². The van der Waals surface area contributed by atoms with Crippen LogP contribution in [0.5, 0.6) is 0 Å². The van der Waals surface area contributed by atoms with Crippen LogP contribution in [0.2, 0.25) is 0 Å². The predicted molar refractivity (Wildman–Crippen MR) is 93.5 cm³/mol. The van der Waals surface area contributed by atoms with Gasteiger partial charge in [0, 0.05) is 23.6 Å². The van der Waals surface area contributed by atoms with Crippen LogP contribution >= 0.6 is 0 Å². The summed E-state index contributed by atoms with van der Waals surface area (Å²) in [7, 11) is 0. The summed E-state index contributed by atoms with van der Waals surface area (Å²) in [5.41, 5.74) is 3.24. The monoisotopic (exact) mass is 305 g/mol. The lowest BCUT2D eigenvalue weighted by Crippen LogP contribution is -2.50. The number of ketones is 1. The number of rotatable bonds is 3. The molecule has 1 N–H and O–H groups in total. The Morgan fingerprint density at radius 2 is 1.43 bits per heavy atom. The molecule has 2 aliphatic rings. The van der Waals surface area contributed by atoms with E-state index in [-0.39, 0.29) is 5.92 Å². The first-order valence-corrected chi connectivity index (χ1v) is 8.75. The van der Waals surface area contributed by atoms with E-state index in [9.17, 15) is 4.79 Å². The lowest BCUT2D eigenvalue weighted by Gasteiger charge is -2.39. The molecule has 2 fully saturated rings. The summed E-state index contributed by atoms with van der Waals surface area (Å²) in [5.74, 6) is 0.539. The number of nitrogens with one attached hydrogen (secondary N) is 1. The lowest BCUT2D eigenvalue weighted by atomic mass is 9.77. The van der Waals surface area contributed by atoms with Crippen molar-refractivity contribution < 1.29 is 4.79 Å². The molecule has 2 heteroatoms. The van der Waals surface area contributed by atoms with Gasteiger partial charge in [0.2, 0.25) is 0 Å². The summed E-state index contributed by atoms with van der Waals surface area (Å²) in [6, 6.07) is 19.6. The van der Waals surface area contributed by atoms with Crippen molar-refractivity contribution >= 4 is 5.78 Å². The molecule has 4 rings (SSSR count). The fraction of sp³-hybridized carbons (Fsp3) is 0.381. The molecule has 2 aliphatic heterocycles. The van der Waals surface area contributed by atoms with E-state index < -0.39 is 0 Å². The second-order valence-corrected chi connectivity index (χ2v) is 6.97. The molecule has 2 aromatic carbocycles. The van der Waals surface area contributed by atoms with Crippen molar-refractivity contribution in [1.82, 2.24) is 5.32 Å². The van der Waals surface area contributed by atoms with Crippen molar-refractivity contribution in [2.24, 2.45) is 5.92 Å². The van der Waals surface area contributed by atoms with Crippen LogP contribution < -0.4 is 5.32 Å². The first-order chi connectivity index (χ1) is 11.3. The Kier molecular flexibility index (Phi) is 4.00. The number of carbonyl (C=O) groups excluding carboxylic acids is 1. The molecule has 0 aliphatic carbocycles. The smallest absolute Gasteiger partial charge is 0.166 e. The van der Waals surface area contributed by atoms with Crippen molar-refractivity contribution in [3.05, 3.63) is 60.2 Å². The lowest BCUT2D eigenvalue weighted by molar-refractivity contribution is 0.0825. The Hall–Kier alpha value is -1.93. The van der Waals surface area contributed by atoms with Gasteiger partial charge in [0.25, 0.3) is 0 Å². The zero-order valence-corrected chi connectivity index (χ0v) is 13.4. The maximum atomic E-state index is 12.9. The fourth-order valence-corrected chi connectivity index (χ4v) is 4.17. The van der Waals surface area contributed by atoms with Crippen molar-refractivity contribution in [3.63, 3.8) is 0 Å². The molecular formula is C21H23NO. The number of hydrogen-bond donors (Lipinski definition) is 1. The van der Waals surface area contributed by atoms with Crippen LogP contribution in [0.4, 0.5) is 0 Å². The van der Waals surface area contributed by atoms with E-state index in [1.165, 1.54) is 30.4 Å². The van der Waals surface area contributed by atoms with E-state index >= 15 is 0 Å². The van der Waals surface area contributed by atoms with Gasteiger partial charge in [0.05, 0.1) is 0 Å². The summed E-state index contributed by atoms with van der Waals surface area (Å²) in [6.07, 6.45) is 5.79. The second kappa shape index (κ2) is 6.29. The van der Waals surface area contributed by atoms with E-state index in [1.807, 2.05) is 30.3 Å². The maximum absolute atomic E-state index is 12.9. The molecule has 2 bridgehead atoms. The molecule has 2 aromatic rings. The summed E-state index contributed by atoms with van der Waals surface area (Å²) in [4.78, 5) is 12.9. The minimum Gasteiger partial charge on any atom is -0.311 e. The topological polar surface area (TPSA) is 29.1 Å². The third kappa shape index (κ3) is 3.09. The minimum atomic E-state index is 0.203. The van der Waals surface area contributed by atoms with Gasteiger partial charge >= 0.3 is 0 Å². The van der Waals surface area contributed by atoms with Gasteiger partial charge in [-0.2, -0.15) is 0 Å². The van der Waals surface area contributed by atoms with Crippen LogP contribution in [0.1, 0.15) is 42.5 Å². The molecular weight excluding hydrogens is 282 g/mol. The fourth-order valence-electron chi connectivity index (χ4n) is 4.17. The number of benzene rings is 2. The van der Waals surface area contributed by atoms with Gasteiger partial charge in [-0.1, -0.05) is 61.0 Å². The van der Waals surface area contributed by atoms with Crippen molar-refractivity contribution in [1.29, 1.82) is 0 Å². The van der Waals surface area contributed by atoms with E-state index in [0.29, 0.717) is 17.9 Å². The van der Waals surface area contributed by atoms with Crippen molar-refractivity contribution in [3.8, 4) is 11.1 Å². The van der Waals surface area contributed by atoms with E-state index in [2.05, 4.69) is 29.6 Å². The Morgan fingerprint density at radius 1 is 0.826 bits per heavy atom. The number of carbonyl (C=O) groups is 1. The molecule has 0 saturated carbocycles. The highest BCUT2D eigenvalue weighted by Gasteiger charge is 2.34. The Morgan fingerprint density at radius 3 is 2.09 bits per heavy atom. The van der Waals surface area contributed by atoms with Gasteiger partial charge in [-0.15, -0.1) is 0 Å². The molecule has 0 spiro atoms. The summed E-state index contributed by atoms with van der Waals surface area (Å²) < 4.78 is 0. The average molecular weight is 305 g/mol. The number of piperidine rings is 2. The molecule has 2 nitrogen and oxygen atoms in total. The zero-order valence-electron chi connectivity index (χ0n) is 13.4. The van der Waals surface area contributed by atoms with Gasteiger partial charge in [-0.3, -0.25) is 4.79 Å². The highest BCUT2D eigenvalue weighted by molar-refractivity contribution is 5.98. The van der Waals surface area contributed by atoms with E-state index in [1.54, 1.807) is 0 Å². The van der Waals surface area contributed by atoms with Crippen molar-refractivity contribution in [2.45, 2.75) is 44.2 Å². The highest BCUT2D eigenvalue weighted by atomic mass is 16.1. The number of Topliss-reactive ketones (excluding diaryl/α,β-unsaturated/α-hetero) is 1. The molecule has 0 radical (unpaired) electrons. The Balaban J connectivity index is 1.50. The van der Waals surface area contributed by atoms with Crippen LogP contribution in [0.25, 0.3) is 11.1 Å². The SMILES string of the molecule is O=C(c1ccc(-c2ccccc2)cc1)C1CC2CCCC(C1)N2. The van der Waals surface area contributed by atoms with E-state index in [0.717, 1.165) is 18.4 Å². The minimum absolute atomic E-state index is 0.203. The molecule has 0 aromatic heterocycles. The normalized spacial score (nSPS) is 26.7. The molecule has 2 unspecified atom stereocenters. The quantitative estimate of drug-likeness (QED) is 0.848. The average Bonchev–Trinajstić information content (AvgIpc) is 2.62. The van der Waals surface area contributed by atoms with Crippen LogP contribution in [0.3, 0.4) is 0 Å². The van der Waals surface area contributed by atoms with Gasteiger partial charge in [0.15, 0.2) is 5.78 Å². The highest BCUT2D eigenvalue weighted by Crippen LogP contribution is 2.32. The van der Waals surface area contributed by atoms with Crippen LogP contribution in [-0.2, 0) is 0 Å². The van der Waals surface area contributed by atoms with Gasteiger partial charge in [-0.25, -0.2) is 0 Å². The first-order valence-electron chi connectivity index (χ1n) is 8.75. The maximum Gasteiger partial charge on any atom is 0.166 e. The third-order valence-electron chi connectivity index (χ3n) is 5.36. The standard InChI is InChI=1S/C21H23NO/c23-21(18-13-19-7-4-8-20(14-18)22-19)17-11-9-16(10-12-17)15-5-2-1-3-6-15/h1-3,5-6,9-12,18-20,22H,4,7-8,13-14H2. The second-order valence-electron chi connectivity index (χ2n) is 6.97. The molecule has 2 saturated heterocycles. The first kappa shape index (κ1) is 14.6. The zero-order chi connectivity index (χ0) is 15.6. The Bertz CT molecular complexity index is 665. The molecule has 0 amide bonds. The summed E-state index contributed by atoms with van der Waals surface area (Å²) >= 11 is 0. The van der Waals surface area contributed by atoms with Crippen LogP contribution in [0, 0.1) is 5.92 Å². The molecule has 23 heavy (non-hydrogen) atoms. The molecule has 118 valence electrons. The van der Waals surface area contributed by atoms with Crippen molar-refractivity contribution in [2.75, 3.05) is 0 Å². The number of hydrogen-bond acceptors (Lipinski definition) is 2. The van der Waals surface area contributed by atoms with Gasteiger partial charge < -0.3 is 5.32 Å².